The SMILES string of the molecule is CCCC(C)(N)C(=O)N1CCN(C(=O)c2ccc(C(F)(F)F)cc2)CC1. The van der Waals surface area contributed by atoms with E-state index in [1.807, 2.05) is 6.92 Å². The molecule has 1 aromatic rings. The number of alkyl halides is 3. The summed E-state index contributed by atoms with van der Waals surface area (Å²) in [5, 5.41) is 0. The number of carbonyl (C=O) groups is 2. The summed E-state index contributed by atoms with van der Waals surface area (Å²) >= 11 is 0. The summed E-state index contributed by atoms with van der Waals surface area (Å²) in [5.74, 6) is -0.476. The molecule has 0 aromatic heterocycles. The summed E-state index contributed by atoms with van der Waals surface area (Å²) in [7, 11) is 0. The summed E-state index contributed by atoms with van der Waals surface area (Å²) in [4.78, 5) is 28.1. The predicted octanol–water partition coefficient (Wildman–Crippen LogP) is 2.51. The lowest BCUT2D eigenvalue weighted by atomic mass is 9.95. The average molecular weight is 371 g/mol. The summed E-state index contributed by atoms with van der Waals surface area (Å²) < 4.78 is 37.8. The molecule has 1 heterocycles. The molecule has 0 radical (unpaired) electrons. The molecule has 8 heteroatoms. The number of carbonyl (C=O) groups excluding carboxylic acids is 2. The van der Waals surface area contributed by atoms with Crippen LogP contribution in [0.3, 0.4) is 0 Å². The zero-order chi connectivity index (χ0) is 19.5. The van der Waals surface area contributed by atoms with Crippen molar-refractivity contribution in [3.05, 3.63) is 35.4 Å². The van der Waals surface area contributed by atoms with Gasteiger partial charge in [0.05, 0.1) is 11.1 Å². The Balaban J connectivity index is 1.97. The first-order valence-electron chi connectivity index (χ1n) is 8.61. The van der Waals surface area contributed by atoms with Crippen molar-refractivity contribution >= 4 is 11.8 Å². The molecule has 144 valence electrons. The molecule has 0 bridgehead atoms. The van der Waals surface area contributed by atoms with Crippen LogP contribution in [-0.4, -0.2) is 53.3 Å². The molecule has 5 nitrogen and oxygen atoms in total. The van der Waals surface area contributed by atoms with Crippen molar-refractivity contribution in [2.75, 3.05) is 26.2 Å². The molecule has 1 saturated heterocycles. The van der Waals surface area contributed by atoms with Crippen molar-refractivity contribution in [3.8, 4) is 0 Å². The van der Waals surface area contributed by atoms with Gasteiger partial charge in [-0.05, 0) is 37.6 Å². The Morgan fingerprint density at radius 2 is 1.54 bits per heavy atom. The lowest BCUT2D eigenvalue weighted by Gasteiger charge is -2.38. The normalized spacial score (nSPS) is 17.8. The molecular formula is C18H24F3N3O2. The van der Waals surface area contributed by atoms with Crippen molar-refractivity contribution in [2.45, 2.75) is 38.4 Å². The van der Waals surface area contributed by atoms with Crippen molar-refractivity contribution in [1.29, 1.82) is 0 Å². The molecule has 0 spiro atoms. The van der Waals surface area contributed by atoms with Crippen LogP contribution in [0.4, 0.5) is 13.2 Å². The maximum atomic E-state index is 12.6. The van der Waals surface area contributed by atoms with Crippen LogP contribution in [0.15, 0.2) is 24.3 Å². The van der Waals surface area contributed by atoms with Gasteiger partial charge in [-0.3, -0.25) is 9.59 Å². The van der Waals surface area contributed by atoms with Gasteiger partial charge in [-0.15, -0.1) is 0 Å². The van der Waals surface area contributed by atoms with E-state index in [0.717, 1.165) is 18.6 Å². The van der Waals surface area contributed by atoms with Gasteiger partial charge < -0.3 is 15.5 Å². The minimum atomic E-state index is -4.43. The highest BCUT2D eigenvalue weighted by Gasteiger charge is 2.34. The smallest absolute Gasteiger partial charge is 0.338 e. The van der Waals surface area contributed by atoms with Gasteiger partial charge in [-0.25, -0.2) is 0 Å². The second-order valence-corrected chi connectivity index (χ2v) is 6.83. The lowest BCUT2D eigenvalue weighted by molar-refractivity contribution is -0.138. The lowest BCUT2D eigenvalue weighted by Crippen LogP contribution is -2.58. The number of rotatable bonds is 4. The van der Waals surface area contributed by atoms with Gasteiger partial charge in [0, 0.05) is 31.7 Å². The molecule has 2 rings (SSSR count). The van der Waals surface area contributed by atoms with Crippen LogP contribution in [0.5, 0.6) is 0 Å². The Labute approximate surface area is 150 Å². The molecule has 1 aliphatic rings. The summed E-state index contributed by atoms with van der Waals surface area (Å²) in [5.41, 5.74) is 4.56. The van der Waals surface area contributed by atoms with Gasteiger partial charge in [-0.1, -0.05) is 13.3 Å². The number of hydrogen-bond donors (Lipinski definition) is 1. The maximum Gasteiger partial charge on any atom is 0.416 e. The second-order valence-electron chi connectivity index (χ2n) is 6.83. The molecule has 2 N–H and O–H groups in total. The van der Waals surface area contributed by atoms with Crippen LogP contribution in [0, 0.1) is 0 Å². The summed E-state index contributed by atoms with van der Waals surface area (Å²) in [6.45, 7) is 5.04. The topological polar surface area (TPSA) is 66.6 Å². The molecule has 26 heavy (non-hydrogen) atoms. The van der Waals surface area contributed by atoms with E-state index in [1.54, 1.807) is 16.7 Å². The van der Waals surface area contributed by atoms with Gasteiger partial charge in [0.15, 0.2) is 0 Å². The fourth-order valence-corrected chi connectivity index (χ4v) is 3.08. The first-order valence-corrected chi connectivity index (χ1v) is 8.61. The van der Waals surface area contributed by atoms with E-state index >= 15 is 0 Å². The number of nitrogens with zero attached hydrogens (tertiary/aromatic N) is 2. The van der Waals surface area contributed by atoms with Crippen LogP contribution in [0.2, 0.25) is 0 Å². The van der Waals surface area contributed by atoms with Crippen molar-refractivity contribution in [3.63, 3.8) is 0 Å². The zero-order valence-corrected chi connectivity index (χ0v) is 15.0. The number of halogens is 3. The molecule has 1 aromatic carbocycles. The first kappa shape index (κ1) is 20.2. The zero-order valence-electron chi connectivity index (χ0n) is 15.0. The molecule has 1 unspecified atom stereocenters. The molecule has 2 amide bonds. The van der Waals surface area contributed by atoms with Crippen LogP contribution in [0.1, 0.15) is 42.6 Å². The van der Waals surface area contributed by atoms with Gasteiger partial charge in [0.2, 0.25) is 5.91 Å². The quantitative estimate of drug-likeness (QED) is 0.884. The number of piperazine rings is 1. The average Bonchev–Trinajstić information content (AvgIpc) is 2.60. The number of nitrogens with two attached hydrogens (primary N) is 1. The van der Waals surface area contributed by atoms with Crippen molar-refractivity contribution < 1.29 is 22.8 Å². The van der Waals surface area contributed by atoms with E-state index in [2.05, 4.69) is 0 Å². The van der Waals surface area contributed by atoms with Crippen molar-refractivity contribution in [1.82, 2.24) is 9.80 Å². The standard InChI is InChI=1S/C18H24F3N3O2/c1-3-8-17(2,22)16(26)24-11-9-23(10-12-24)15(25)13-4-6-14(7-5-13)18(19,20)21/h4-7H,3,8-12,22H2,1-2H3. The summed E-state index contributed by atoms with van der Waals surface area (Å²) in [6, 6.07) is 4.16. The molecule has 0 aliphatic carbocycles. The number of benzene rings is 1. The number of hydrogen-bond acceptors (Lipinski definition) is 3. The highest BCUT2D eigenvalue weighted by Crippen LogP contribution is 2.29. The van der Waals surface area contributed by atoms with Crippen LogP contribution in [0.25, 0.3) is 0 Å². The summed E-state index contributed by atoms with van der Waals surface area (Å²) in [6.07, 6.45) is -3.05. The highest BCUT2D eigenvalue weighted by atomic mass is 19.4. The molecule has 1 fully saturated rings. The van der Waals surface area contributed by atoms with Crippen LogP contribution in [-0.2, 0) is 11.0 Å². The largest absolute Gasteiger partial charge is 0.416 e. The van der Waals surface area contributed by atoms with Crippen LogP contribution < -0.4 is 5.73 Å². The Morgan fingerprint density at radius 3 is 2.00 bits per heavy atom. The van der Waals surface area contributed by atoms with Gasteiger partial charge in [-0.2, -0.15) is 13.2 Å². The van der Waals surface area contributed by atoms with Crippen LogP contribution >= 0.6 is 0 Å². The van der Waals surface area contributed by atoms with E-state index in [4.69, 9.17) is 5.73 Å². The maximum absolute atomic E-state index is 12.6. The molecule has 1 aliphatic heterocycles. The fraction of sp³-hybridized carbons (Fsp3) is 0.556. The van der Waals surface area contributed by atoms with Crippen molar-refractivity contribution in [2.24, 2.45) is 5.73 Å². The Kier molecular flexibility index (Phi) is 5.95. The third-order valence-corrected chi connectivity index (χ3v) is 4.57. The molecular weight excluding hydrogens is 347 g/mol. The third-order valence-electron chi connectivity index (χ3n) is 4.57. The van der Waals surface area contributed by atoms with Gasteiger partial charge in [0.25, 0.3) is 5.91 Å². The van der Waals surface area contributed by atoms with E-state index in [9.17, 15) is 22.8 Å². The second kappa shape index (κ2) is 7.65. The number of amides is 2. The fourth-order valence-electron chi connectivity index (χ4n) is 3.08. The predicted molar refractivity (Wildman–Crippen MR) is 91.4 cm³/mol. The molecule has 1 atom stereocenters. The monoisotopic (exact) mass is 371 g/mol. The Bertz CT molecular complexity index is 649. The third kappa shape index (κ3) is 4.55. The minimum Gasteiger partial charge on any atom is -0.338 e. The van der Waals surface area contributed by atoms with E-state index in [-0.39, 0.29) is 17.4 Å². The highest BCUT2D eigenvalue weighted by molar-refractivity contribution is 5.94. The van der Waals surface area contributed by atoms with E-state index in [0.29, 0.717) is 32.6 Å². The Morgan fingerprint density at radius 1 is 1.04 bits per heavy atom. The Hall–Kier alpha value is -2.09. The van der Waals surface area contributed by atoms with E-state index < -0.39 is 17.3 Å². The molecule has 0 saturated carbocycles. The first-order chi connectivity index (χ1) is 12.1. The minimum absolute atomic E-state index is 0.138. The van der Waals surface area contributed by atoms with E-state index in [1.165, 1.54) is 12.1 Å². The van der Waals surface area contributed by atoms with Gasteiger partial charge >= 0.3 is 6.18 Å². The van der Waals surface area contributed by atoms with Gasteiger partial charge in [0.1, 0.15) is 0 Å².